The second-order valence-corrected chi connectivity index (χ2v) is 5.65. The van der Waals surface area contributed by atoms with E-state index in [-0.39, 0.29) is 0 Å². The van der Waals surface area contributed by atoms with Gasteiger partial charge in [0.2, 0.25) is 0 Å². The first-order valence-corrected chi connectivity index (χ1v) is 7.25. The van der Waals surface area contributed by atoms with E-state index in [0.717, 1.165) is 42.2 Å². The zero-order valence-electron chi connectivity index (χ0n) is 11.9. The first-order chi connectivity index (χ1) is 9.70. The number of nitrogens with zero attached hydrogens (tertiary/aromatic N) is 2. The molecule has 3 rings (SSSR count). The van der Waals surface area contributed by atoms with Crippen LogP contribution in [0.3, 0.4) is 0 Å². The molecule has 0 radical (unpaired) electrons. The molecule has 1 saturated heterocycles. The second kappa shape index (κ2) is 5.81. The lowest BCUT2D eigenvalue weighted by atomic mass is 10.1. The van der Waals surface area contributed by atoms with Crippen LogP contribution >= 0.6 is 0 Å². The van der Waals surface area contributed by atoms with Crippen molar-refractivity contribution >= 4 is 16.7 Å². The molecule has 108 valence electrons. The monoisotopic (exact) mass is 274 g/mol. The molecule has 0 spiro atoms. The van der Waals surface area contributed by atoms with Crippen molar-refractivity contribution in [1.82, 2.24) is 14.9 Å². The molecule has 1 aliphatic heterocycles. The highest BCUT2D eigenvalue weighted by Crippen LogP contribution is 2.17. The number of imidazole rings is 1. The largest absolute Gasteiger partial charge is 0.399 e. The number of nitrogens with two attached hydrogens (primary N) is 1. The van der Waals surface area contributed by atoms with Gasteiger partial charge in [0.1, 0.15) is 5.82 Å². The van der Waals surface area contributed by atoms with Crippen molar-refractivity contribution in [1.29, 1.82) is 0 Å². The number of hydrogen-bond acceptors (Lipinski definition) is 4. The number of likely N-dealkylation sites (N-methyl/N-ethyl adjacent to an activating group) is 1. The molecular formula is C15H22N4O. The fourth-order valence-corrected chi connectivity index (χ4v) is 2.77. The van der Waals surface area contributed by atoms with Crippen LogP contribution in [-0.2, 0) is 11.3 Å². The molecule has 1 fully saturated rings. The number of hydrogen-bond donors (Lipinski definition) is 2. The predicted molar refractivity (Wildman–Crippen MR) is 80.4 cm³/mol. The number of aromatic nitrogens is 2. The molecule has 20 heavy (non-hydrogen) atoms. The Kier molecular flexibility index (Phi) is 3.89. The minimum atomic E-state index is 0.369. The summed E-state index contributed by atoms with van der Waals surface area (Å²) in [6.45, 7) is 2.66. The molecule has 3 N–H and O–H groups in total. The number of benzene rings is 1. The van der Waals surface area contributed by atoms with E-state index in [1.165, 1.54) is 19.3 Å². The van der Waals surface area contributed by atoms with Crippen LogP contribution in [0.25, 0.3) is 11.0 Å². The number of nitrogens with one attached hydrogen (secondary N) is 1. The van der Waals surface area contributed by atoms with Crippen molar-refractivity contribution in [2.75, 3.05) is 25.9 Å². The molecule has 0 amide bonds. The van der Waals surface area contributed by atoms with Crippen molar-refractivity contribution in [2.24, 2.45) is 0 Å². The van der Waals surface area contributed by atoms with Gasteiger partial charge in [-0.3, -0.25) is 4.90 Å². The van der Waals surface area contributed by atoms with Gasteiger partial charge in [0.05, 0.1) is 23.7 Å². The molecule has 1 aliphatic rings. The molecule has 2 heterocycles. The van der Waals surface area contributed by atoms with Gasteiger partial charge in [0, 0.05) is 18.8 Å². The SMILES string of the molecule is CN(Cc1nc2ccc(N)cc2[nH]1)CC1CCCCO1. The Labute approximate surface area is 119 Å². The first-order valence-electron chi connectivity index (χ1n) is 7.25. The van der Waals surface area contributed by atoms with Crippen LogP contribution in [-0.4, -0.2) is 41.2 Å². The summed E-state index contributed by atoms with van der Waals surface area (Å²) in [5, 5.41) is 0. The lowest BCUT2D eigenvalue weighted by Crippen LogP contribution is -2.33. The van der Waals surface area contributed by atoms with Gasteiger partial charge < -0.3 is 15.5 Å². The summed E-state index contributed by atoms with van der Waals surface area (Å²) in [7, 11) is 2.11. The molecule has 1 unspecified atom stereocenters. The normalized spacial score (nSPS) is 19.8. The average molecular weight is 274 g/mol. The minimum Gasteiger partial charge on any atom is -0.399 e. The van der Waals surface area contributed by atoms with Gasteiger partial charge in [-0.1, -0.05) is 0 Å². The third kappa shape index (κ3) is 3.11. The second-order valence-electron chi connectivity index (χ2n) is 5.65. The summed E-state index contributed by atoms with van der Waals surface area (Å²) in [6.07, 6.45) is 4.02. The highest BCUT2D eigenvalue weighted by atomic mass is 16.5. The summed E-state index contributed by atoms with van der Waals surface area (Å²) in [6, 6.07) is 5.76. The first kappa shape index (κ1) is 13.4. The quantitative estimate of drug-likeness (QED) is 0.838. The van der Waals surface area contributed by atoms with Crippen molar-refractivity contribution in [3.8, 4) is 0 Å². The van der Waals surface area contributed by atoms with E-state index >= 15 is 0 Å². The van der Waals surface area contributed by atoms with E-state index in [9.17, 15) is 0 Å². The van der Waals surface area contributed by atoms with Crippen LogP contribution in [0.4, 0.5) is 5.69 Å². The number of anilines is 1. The molecule has 0 saturated carbocycles. The standard InChI is InChI=1S/C15H22N4O/c1-19(9-12-4-2-3-7-20-12)10-15-17-13-6-5-11(16)8-14(13)18-15/h5-6,8,12H,2-4,7,9-10,16H2,1H3,(H,17,18). The Morgan fingerprint density at radius 1 is 1.45 bits per heavy atom. The topological polar surface area (TPSA) is 67.2 Å². The molecule has 5 nitrogen and oxygen atoms in total. The fourth-order valence-electron chi connectivity index (χ4n) is 2.77. The Balaban J connectivity index is 1.63. The fraction of sp³-hybridized carbons (Fsp3) is 0.533. The third-order valence-corrected chi connectivity index (χ3v) is 3.76. The van der Waals surface area contributed by atoms with Crippen molar-refractivity contribution in [3.05, 3.63) is 24.0 Å². The van der Waals surface area contributed by atoms with Crippen LogP contribution in [0.2, 0.25) is 0 Å². The maximum atomic E-state index is 5.78. The van der Waals surface area contributed by atoms with Crippen molar-refractivity contribution < 1.29 is 4.74 Å². The lowest BCUT2D eigenvalue weighted by Gasteiger charge is -2.26. The minimum absolute atomic E-state index is 0.369. The highest BCUT2D eigenvalue weighted by Gasteiger charge is 2.16. The molecule has 5 heteroatoms. The van der Waals surface area contributed by atoms with Crippen molar-refractivity contribution in [2.45, 2.75) is 31.9 Å². The van der Waals surface area contributed by atoms with Gasteiger partial charge in [-0.2, -0.15) is 0 Å². The smallest absolute Gasteiger partial charge is 0.121 e. The number of H-pyrrole nitrogens is 1. The maximum Gasteiger partial charge on any atom is 0.121 e. The van der Waals surface area contributed by atoms with Crippen LogP contribution < -0.4 is 5.73 Å². The van der Waals surface area contributed by atoms with E-state index in [4.69, 9.17) is 10.5 Å². The molecule has 2 aromatic rings. The summed E-state index contributed by atoms with van der Waals surface area (Å²) in [4.78, 5) is 10.2. The number of rotatable bonds is 4. The molecule has 0 aliphatic carbocycles. The van der Waals surface area contributed by atoms with E-state index in [1.54, 1.807) is 0 Å². The van der Waals surface area contributed by atoms with Gasteiger partial charge in [0.25, 0.3) is 0 Å². The molecule has 0 bridgehead atoms. The van der Waals surface area contributed by atoms with Gasteiger partial charge in [-0.25, -0.2) is 4.98 Å². The van der Waals surface area contributed by atoms with Crippen LogP contribution in [0.5, 0.6) is 0 Å². The lowest BCUT2D eigenvalue weighted by molar-refractivity contribution is -0.00287. The summed E-state index contributed by atoms with van der Waals surface area (Å²) < 4.78 is 5.77. The Morgan fingerprint density at radius 3 is 3.15 bits per heavy atom. The van der Waals surface area contributed by atoms with E-state index in [0.29, 0.717) is 6.10 Å². The van der Waals surface area contributed by atoms with Gasteiger partial charge in [0.15, 0.2) is 0 Å². The van der Waals surface area contributed by atoms with Crippen LogP contribution in [0.15, 0.2) is 18.2 Å². The van der Waals surface area contributed by atoms with Gasteiger partial charge in [-0.05, 0) is 44.5 Å². The summed E-state index contributed by atoms with van der Waals surface area (Å²) in [5.74, 6) is 0.976. The highest BCUT2D eigenvalue weighted by molar-refractivity contribution is 5.78. The van der Waals surface area contributed by atoms with Gasteiger partial charge in [-0.15, -0.1) is 0 Å². The maximum absolute atomic E-state index is 5.78. The zero-order chi connectivity index (χ0) is 13.9. The zero-order valence-corrected chi connectivity index (χ0v) is 11.9. The van der Waals surface area contributed by atoms with E-state index < -0.39 is 0 Å². The van der Waals surface area contributed by atoms with Crippen LogP contribution in [0.1, 0.15) is 25.1 Å². The Morgan fingerprint density at radius 2 is 2.35 bits per heavy atom. The van der Waals surface area contributed by atoms with Gasteiger partial charge >= 0.3 is 0 Å². The molecule has 1 aromatic heterocycles. The number of ether oxygens (including phenoxy) is 1. The van der Waals surface area contributed by atoms with E-state index in [2.05, 4.69) is 21.9 Å². The predicted octanol–water partition coefficient (Wildman–Crippen LogP) is 2.15. The Hall–Kier alpha value is -1.59. The molecule has 1 atom stereocenters. The van der Waals surface area contributed by atoms with Crippen molar-refractivity contribution in [3.63, 3.8) is 0 Å². The third-order valence-electron chi connectivity index (χ3n) is 3.76. The average Bonchev–Trinajstić information content (AvgIpc) is 2.80. The summed E-state index contributed by atoms with van der Waals surface area (Å²) in [5.41, 5.74) is 8.52. The van der Waals surface area contributed by atoms with Crippen LogP contribution in [0, 0.1) is 0 Å². The molecule has 1 aromatic carbocycles. The van der Waals surface area contributed by atoms with E-state index in [1.807, 2.05) is 18.2 Å². The molecular weight excluding hydrogens is 252 g/mol. The Bertz CT molecular complexity index is 574. The number of aromatic amines is 1. The number of fused-ring (bicyclic) bond motifs is 1. The number of nitrogen functional groups attached to an aromatic ring is 1. The summed E-state index contributed by atoms with van der Waals surface area (Å²) >= 11 is 0.